The van der Waals surface area contributed by atoms with Gasteiger partial charge >= 0.3 is 0 Å². The van der Waals surface area contributed by atoms with Crippen LogP contribution in [0.3, 0.4) is 0 Å². The highest BCUT2D eigenvalue weighted by Gasteiger charge is 2.32. The molecule has 1 heterocycles. The number of hydrogen-bond acceptors (Lipinski definition) is 3. The second-order valence-electron chi connectivity index (χ2n) is 5.87. The Morgan fingerprint density at radius 3 is 2.48 bits per heavy atom. The second-order valence-corrected chi connectivity index (χ2v) is 7.90. The van der Waals surface area contributed by atoms with E-state index in [-0.39, 0.29) is 0 Å². The van der Waals surface area contributed by atoms with Crippen LogP contribution in [0.4, 0.5) is 0 Å². The summed E-state index contributed by atoms with van der Waals surface area (Å²) in [7, 11) is 2.28. The molecule has 0 radical (unpaired) electrons. The van der Waals surface area contributed by atoms with Crippen LogP contribution in [-0.2, 0) is 16.8 Å². The maximum absolute atomic E-state index is 12.7. The van der Waals surface area contributed by atoms with Crippen molar-refractivity contribution in [2.24, 2.45) is 0 Å². The minimum absolute atomic E-state index is 0.304. The lowest BCUT2D eigenvalue weighted by atomic mass is 10.1. The monoisotopic (exact) mass is 311 g/mol. The van der Waals surface area contributed by atoms with Gasteiger partial charge in [0.25, 0.3) is 10.2 Å². The SMILES string of the molecule is CN(C)[C@@H]1CCCN(S(=O)(=O)N(C)Cc2ccccc2)C1. The molecular formula is C15H25N3O2S. The minimum Gasteiger partial charge on any atom is -0.305 e. The lowest BCUT2D eigenvalue weighted by Gasteiger charge is -2.37. The van der Waals surface area contributed by atoms with Crippen molar-refractivity contribution in [3.05, 3.63) is 35.9 Å². The van der Waals surface area contributed by atoms with Gasteiger partial charge in [0.15, 0.2) is 0 Å². The number of piperidine rings is 1. The van der Waals surface area contributed by atoms with Gasteiger partial charge in [-0.3, -0.25) is 0 Å². The average molecular weight is 311 g/mol. The van der Waals surface area contributed by atoms with Gasteiger partial charge < -0.3 is 4.90 Å². The minimum atomic E-state index is -3.39. The van der Waals surface area contributed by atoms with Crippen molar-refractivity contribution < 1.29 is 8.42 Å². The van der Waals surface area contributed by atoms with Crippen LogP contribution in [0.5, 0.6) is 0 Å². The van der Waals surface area contributed by atoms with E-state index in [4.69, 9.17) is 0 Å². The summed E-state index contributed by atoms with van der Waals surface area (Å²) in [4.78, 5) is 2.11. The number of hydrogen-bond donors (Lipinski definition) is 0. The van der Waals surface area contributed by atoms with E-state index in [1.54, 1.807) is 11.4 Å². The summed E-state index contributed by atoms with van der Waals surface area (Å²) in [5.41, 5.74) is 1.00. The first-order chi connectivity index (χ1) is 9.91. The van der Waals surface area contributed by atoms with Gasteiger partial charge in [-0.1, -0.05) is 30.3 Å². The van der Waals surface area contributed by atoms with E-state index in [0.29, 0.717) is 25.7 Å². The molecule has 2 rings (SSSR count). The summed E-state index contributed by atoms with van der Waals surface area (Å²) in [6.07, 6.45) is 1.97. The Balaban J connectivity index is 2.06. The summed E-state index contributed by atoms with van der Waals surface area (Å²) in [5.74, 6) is 0. The lowest BCUT2D eigenvalue weighted by Crippen LogP contribution is -2.51. The predicted octanol–water partition coefficient (Wildman–Crippen LogP) is 1.39. The first-order valence-electron chi connectivity index (χ1n) is 7.33. The third kappa shape index (κ3) is 4.03. The molecule has 118 valence electrons. The Morgan fingerprint density at radius 2 is 1.86 bits per heavy atom. The Morgan fingerprint density at radius 1 is 1.19 bits per heavy atom. The second kappa shape index (κ2) is 6.87. The van der Waals surface area contributed by atoms with Gasteiger partial charge in [-0.05, 0) is 32.5 Å². The molecule has 0 unspecified atom stereocenters. The molecule has 6 heteroatoms. The van der Waals surface area contributed by atoms with Crippen molar-refractivity contribution in [2.75, 3.05) is 34.2 Å². The van der Waals surface area contributed by atoms with Crippen molar-refractivity contribution in [2.45, 2.75) is 25.4 Å². The van der Waals surface area contributed by atoms with Crippen LogP contribution in [-0.4, -0.2) is 62.2 Å². The number of benzene rings is 1. The lowest BCUT2D eigenvalue weighted by molar-refractivity contribution is 0.184. The average Bonchev–Trinajstić information content (AvgIpc) is 2.48. The molecule has 1 aromatic rings. The van der Waals surface area contributed by atoms with Crippen LogP contribution in [0.15, 0.2) is 30.3 Å². The normalized spacial score (nSPS) is 21.1. The fourth-order valence-corrected chi connectivity index (χ4v) is 4.10. The van der Waals surface area contributed by atoms with Crippen LogP contribution in [0.1, 0.15) is 18.4 Å². The van der Waals surface area contributed by atoms with E-state index in [0.717, 1.165) is 18.4 Å². The zero-order chi connectivity index (χ0) is 15.5. The fraction of sp³-hybridized carbons (Fsp3) is 0.600. The smallest absolute Gasteiger partial charge is 0.282 e. The highest BCUT2D eigenvalue weighted by molar-refractivity contribution is 7.86. The van der Waals surface area contributed by atoms with Crippen LogP contribution >= 0.6 is 0 Å². The molecule has 0 aliphatic carbocycles. The molecule has 1 atom stereocenters. The van der Waals surface area contributed by atoms with Crippen LogP contribution in [0, 0.1) is 0 Å². The summed E-state index contributed by atoms with van der Waals surface area (Å²) in [6.45, 7) is 1.60. The third-order valence-corrected chi connectivity index (χ3v) is 5.96. The molecule has 1 fully saturated rings. The Bertz CT molecular complexity index is 545. The molecule has 0 aromatic heterocycles. The van der Waals surface area contributed by atoms with Crippen LogP contribution in [0.2, 0.25) is 0 Å². The molecule has 1 aliphatic heterocycles. The standard InChI is InChI=1S/C15H25N3O2S/c1-16(2)15-10-7-11-18(13-15)21(19,20)17(3)12-14-8-5-4-6-9-14/h4-6,8-9,15H,7,10-13H2,1-3H3/t15-/m1/s1. The van der Waals surface area contributed by atoms with Crippen molar-refractivity contribution in [3.8, 4) is 0 Å². The summed E-state index contributed by atoms with van der Waals surface area (Å²) < 4.78 is 28.4. The zero-order valence-corrected chi connectivity index (χ0v) is 13.9. The van der Waals surface area contributed by atoms with Crippen molar-refractivity contribution >= 4 is 10.2 Å². The highest BCUT2D eigenvalue weighted by atomic mass is 32.2. The molecule has 1 aromatic carbocycles. The molecule has 0 spiro atoms. The quantitative estimate of drug-likeness (QED) is 0.825. The van der Waals surface area contributed by atoms with Gasteiger partial charge in [-0.15, -0.1) is 0 Å². The van der Waals surface area contributed by atoms with Crippen molar-refractivity contribution in [1.82, 2.24) is 13.5 Å². The van der Waals surface area contributed by atoms with Gasteiger partial charge in [0.1, 0.15) is 0 Å². The highest BCUT2D eigenvalue weighted by Crippen LogP contribution is 2.19. The van der Waals surface area contributed by atoms with Gasteiger partial charge in [0.05, 0.1) is 0 Å². The van der Waals surface area contributed by atoms with E-state index < -0.39 is 10.2 Å². The van der Waals surface area contributed by atoms with E-state index in [1.807, 2.05) is 44.4 Å². The van der Waals surface area contributed by atoms with Gasteiger partial charge in [0, 0.05) is 32.7 Å². The predicted molar refractivity (Wildman–Crippen MR) is 85.1 cm³/mol. The molecule has 0 amide bonds. The molecule has 0 saturated carbocycles. The molecule has 1 aliphatic rings. The van der Waals surface area contributed by atoms with Crippen LogP contribution in [0.25, 0.3) is 0 Å². The third-order valence-electron chi connectivity index (χ3n) is 4.06. The molecule has 5 nitrogen and oxygen atoms in total. The van der Waals surface area contributed by atoms with E-state index in [1.165, 1.54) is 4.31 Å². The number of likely N-dealkylation sites (N-methyl/N-ethyl adjacent to an activating group) is 1. The van der Waals surface area contributed by atoms with Crippen molar-refractivity contribution in [3.63, 3.8) is 0 Å². The molecule has 0 bridgehead atoms. The molecule has 0 N–H and O–H groups in total. The number of rotatable bonds is 5. The largest absolute Gasteiger partial charge is 0.305 e. The topological polar surface area (TPSA) is 43.9 Å². The molecule has 21 heavy (non-hydrogen) atoms. The van der Waals surface area contributed by atoms with Crippen LogP contribution < -0.4 is 0 Å². The summed E-state index contributed by atoms with van der Waals surface area (Å²) in [6, 6.07) is 10.00. The van der Waals surface area contributed by atoms with E-state index in [9.17, 15) is 8.42 Å². The maximum Gasteiger partial charge on any atom is 0.282 e. The Labute approximate surface area is 128 Å². The van der Waals surface area contributed by atoms with Crippen molar-refractivity contribution in [1.29, 1.82) is 0 Å². The Hall–Kier alpha value is -0.950. The van der Waals surface area contributed by atoms with E-state index in [2.05, 4.69) is 4.90 Å². The fourth-order valence-electron chi connectivity index (χ4n) is 2.67. The van der Waals surface area contributed by atoms with E-state index >= 15 is 0 Å². The number of nitrogens with zero attached hydrogens (tertiary/aromatic N) is 3. The summed E-state index contributed by atoms with van der Waals surface area (Å²) in [5, 5.41) is 0. The van der Waals surface area contributed by atoms with Gasteiger partial charge in [-0.2, -0.15) is 17.0 Å². The molecule has 1 saturated heterocycles. The first-order valence-corrected chi connectivity index (χ1v) is 8.72. The zero-order valence-electron chi connectivity index (χ0n) is 13.1. The maximum atomic E-state index is 12.7. The first kappa shape index (κ1) is 16.4. The molecular weight excluding hydrogens is 286 g/mol. The van der Waals surface area contributed by atoms with Gasteiger partial charge in [-0.25, -0.2) is 0 Å². The Kier molecular flexibility index (Phi) is 5.37. The summed E-state index contributed by atoms with van der Waals surface area (Å²) >= 11 is 0. The van der Waals surface area contributed by atoms with Gasteiger partial charge in [0.2, 0.25) is 0 Å².